The highest BCUT2D eigenvalue weighted by molar-refractivity contribution is 6.33. The highest BCUT2D eigenvalue weighted by Crippen LogP contribution is 2.40. The van der Waals surface area contributed by atoms with E-state index in [0.717, 1.165) is 24.0 Å². The lowest BCUT2D eigenvalue weighted by Gasteiger charge is -2.13. The molecule has 0 aromatic heterocycles. The van der Waals surface area contributed by atoms with Crippen LogP contribution in [0.15, 0.2) is 23.3 Å². The van der Waals surface area contributed by atoms with Crippen molar-refractivity contribution in [3.8, 4) is 11.5 Å². The zero-order chi connectivity index (χ0) is 18.4. The lowest BCUT2D eigenvalue weighted by Crippen LogP contribution is -2.00. The maximum atomic E-state index is 11.1. The van der Waals surface area contributed by atoms with E-state index >= 15 is 0 Å². The minimum absolute atomic E-state index is 0.0893. The molecule has 0 amide bonds. The van der Waals surface area contributed by atoms with Gasteiger partial charge in [0.2, 0.25) is 0 Å². The number of rotatable bonds is 7. The number of carbonyl (C=O) groups excluding carboxylic acids is 1. The molecule has 3 N–H and O–H groups in total. The zero-order valence-electron chi connectivity index (χ0n) is 14.6. The Labute approximate surface area is 148 Å². The van der Waals surface area contributed by atoms with Crippen LogP contribution < -0.4 is 0 Å². The van der Waals surface area contributed by atoms with Crippen LogP contribution >= 0.6 is 11.6 Å². The topological polar surface area (TPSA) is 77.8 Å². The molecule has 0 fully saturated rings. The largest absolute Gasteiger partial charge is 0.507 e. The summed E-state index contributed by atoms with van der Waals surface area (Å²) in [6, 6.07) is 0. The van der Waals surface area contributed by atoms with E-state index in [9.17, 15) is 20.1 Å². The first-order valence-electron chi connectivity index (χ1n) is 7.89. The van der Waals surface area contributed by atoms with Crippen LogP contribution in [0.4, 0.5) is 0 Å². The Morgan fingerprint density at radius 1 is 1.21 bits per heavy atom. The van der Waals surface area contributed by atoms with Crippen LogP contribution in [-0.2, 0) is 6.42 Å². The van der Waals surface area contributed by atoms with Gasteiger partial charge < -0.3 is 15.3 Å². The molecule has 4 nitrogen and oxygen atoms in total. The summed E-state index contributed by atoms with van der Waals surface area (Å²) in [6.45, 7) is 7.14. The van der Waals surface area contributed by atoms with Crippen molar-refractivity contribution in [2.45, 2.75) is 53.1 Å². The summed E-state index contributed by atoms with van der Waals surface area (Å²) in [5.74, 6) is -0.413. The molecule has 0 saturated carbocycles. The maximum absolute atomic E-state index is 11.1. The summed E-state index contributed by atoms with van der Waals surface area (Å²) in [5.41, 5.74) is 2.73. The van der Waals surface area contributed by atoms with E-state index in [-0.39, 0.29) is 34.1 Å². The molecule has 132 valence electrons. The molecule has 1 unspecified atom stereocenters. The number of hydrogen-bond donors (Lipinski definition) is 3. The molecule has 0 bridgehead atoms. The Kier molecular flexibility index (Phi) is 7.52. The predicted molar refractivity (Wildman–Crippen MR) is 97.0 cm³/mol. The molecule has 1 aromatic rings. The molecule has 5 heteroatoms. The van der Waals surface area contributed by atoms with Crippen LogP contribution in [0.3, 0.4) is 0 Å². The number of allylic oxidation sites excluding steroid dienone is 3. The van der Waals surface area contributed by atoms with Gasteiger partial charge in [0.1, 0.15) is 11.5 Å². The van der Waals surface area contributed by atoms with Gasteiger partial charge in [0.05, 0.1) is 16.7 Å². The molecular formula is C19H25ClO4. The van der Waals surface area contributed by atoms with E-state index in [1.807, 2.05) is 26.0 Å². The molecule has 1 rings (SSSR count). The summed E-state index contributed by atoms with van der Waals surface area (Å²) >= 11 is 6.03. The quantitative estimate of drug-likeness (QED) is 0.500. The number of carbonyl (C=O) groups is 1. The average Bonchev–Trinajstić information content (AvgIpc) is 2.53. The maximum Gasteiger partial charge on any atom is 0.154 e. The first kappa shape index (κ1) is 20.3. The van der Waals surface area contributed by atoms with Crippen LogP contribution in [0, 0.1) is 6.92 Å². The van der Waals surface area contributed by atoms with Crippen LogP contribution in [0.2, 0.25) is 5.02 Å². The average molecular weight is 353 g/mol. The first-order valence-corrected chi connectivity index (χ1v) is 8.26. The molecule has 1 aromatic carbocycles. The van der Waals surface area contributed by atoms with Crippen LogP contribution in [0.1, 0.15) is 55.1 Å². The molecule has 0 heterocycles. The monoisotopic (exact) mass is 352 g/mol. The Hall–Kier alpha value is -1.78. The number of aliphatic hydroxyl groups is 1. The van der Waals surface area contributed by atoms with Gasteiger partial charge in [-0.2, -0.15) is 0 Å². The van der Waals surface area contributed by atoms with Gasteiger partial charge in [0, 0.05) is 5.56 Å². The summed E-state index contributed by atoms with van der Waals surface area (Å²) in [6.07, 6.45) is 5.85. The second-order valence-corrected chi connectivity index (χ2v) is 6.44. The normalized spacial score (nSPS) is 13.9. The van der Waals surface area contributed by atoms with Gasteiger partial charge in [-0.05, 0) is 58.1 Å². The Morgan fingerprint density at radius 3 is 2.38 bits per heavy atom. The Morgan fingerprint density at radius 2 is 1.83 bits per heavy atom. The number of benzene rings is 1. The highest BCUT2D eigenvalue weighted by Gasteiger charge is 2.19. The summed E-state index contributed by atoms with van der Waals surface area (Å²) in [4.78, 5) is 11.1. The minimum Gasteiger partial charge on any atom is -0.507 e. The minimum atomic E-state index is -0.445. The fourth-order valence-corrected chi connectivity index (χ4v) is 2.51. The molecule has 0 saturated heterocycles. The molecule has 0 aliphatic rings. The third kappa shape index (κ3) is 4.86. The number of hydrogen-bond acceptors (Lipinski definition) is 4. The van der Waals surface area contributed by atoms with Crippen molar-refractivity contribution < 1.29 is 20.1 Å². The number of aliphatic hydroxyl groups excluding tert-OH is 1. The summed E-state index contributed by atoms with van der Waals surface area (Å²) in [7, 11) is 0. The molecule has 0 aliphatic heterocycles. The van der Waals surface area contributed by atoms with Crippen molar-refractivity contribution in [3.63, 3.8) is 0 Å². The summed E-state index contributed by atoms with van der Waals surface area (Å²) in [5, 5.41) is 29.8. The van der Waals surface area contributed by atoms with Crippen LogP contribution in [-0.4, -0.2) is 27.7 Å². The fourth-order valence-electron chi connectivity index (χ4n) is 2.29. The van der Waals surface area contributed by atoms with E-state index in [1.54, 1.807) is 13.8 Å². The molecule has 0 spiro atoms. The van der Waals surface area contributed by atoms with Gasteiger partial charge in [-0.3, -0.25) is 4.79 Å². The molecule has 24 heavy (non-hydrogen) atoms. The van der Waals surface area contributed by atoms with Gasteiger partial charge in [0.25, 0.3) is 0 Å². The van der Waals surface area contributed by atoms with Crippen LogP contribution in [0.25, 0.3) is 0 Å². The Bertz CT molecular complexity index is 673. The summed E-state index contributed by atoms with van der Waals surface area (Å²) < 4.78 is 0. The van der Waals surface area contributed by atoms with Crippen molar-refractivity contribution in [2.75, 3.05) is 0 Å². The molecular weight excluding hydrogens is 328 g/mol. The highest BCUT2D eigenvalue weighted by atomic mass is 35.5. The van der Waals surface area contributed by atoms with E-state index in [0.29, 0.717) is 11.8 Å². The second-order valence-electron chi connectivity index (χ2n) is 6.06. The van der Waals surface area contributed by atoms with Gasteiger partial charge >= 0.3 is 0 Å². The van der Waals surface area contributed by atoms with Crippen molar-refractivity contribution in [1.29, 1.82) is 0 Å². The van der Waals surface area contributed by atoms with E-state index < -0.39 is 6.10 Å². The third-order valence-corrected chi connectivity index (χ3v) is 4.67. The SMILES string of the molecule is C/C(=C\Cc1c(O)c(Cl)c(C)c(C=O)c1O)CC/C=C(\C)C(C)O. The lowest BCUT2D eigenvalue weighted by molar-refractivity contribution is 0.112. The molecule has 0 radical (unpaired) electrons. The van der Waals surface area contributed by atoms with Gasteiger partial charge in [-0.25, -0.2) is 0 Å². The lowest BCUT2D eigenvalue weighted by atomic mass is 9.99. The van der Waals surface area contributed by atoms with Gasteiger partial charge in [-0.15, -0.1) is 0 Å². The first-order chi connectivity index (χ1) is 11.2. The Balaban J connectivity index is 2.92. The van der Waals surface area contributed by atoms with Gasteiger partial charge in [0.15, 0.2) is 6.29 Å². The molecule has 0 aliphatic carbocycles. The predicted octanol–water partition coefficient (Wildman–Crippen LogP) is 4.47. The van der Waals surface area contributed by atoms with E-state index in [2.05, 4.69) is 0 Å². The number of phenols is 2. The number of aromatic hydroxyl groups is 2. The smallest absolute Gasteiger partial charge is 0.154 e. The zero-order valence-corrected chi connectivity index (χ0v) is 15.3. The van der Waals surface area contributed by atoms with E-state index in [1.165, 1.54) is 0 Å². The van der Waals surface area contributed by atoms with Crippen molar-refractivity contribution in [2.24, 2.45) is 0 Å². The van der Waals surface area contributed by atoms with E-state index in [4.69, 9.17) is 11.6 Å². The number of phenolic OH excluding ortho intramolecular Hbond substituents is 2. The number of halogens is 1. The van der Waals surface area contributed by atoms with Gasteiger partial charge in [-0.1, -0.05) is 29.3 Å². The van der Waals surface area contributed by atoms with Crippen molar-refractivity contribution >= 4 is 17.9 Å². The number of aldehydes is 1. The standard InChI is InChI=1S/C19H25ClO4/c1-11(6-5-7-12(2)14(4)22)8-9-15-18(23)16(10-21)13(3)17(20)19(15)24/h7-8,10,14,22-24H,5-6,9H2,1-4H3/b11-8+,12-7+. The third-order valence-electron chi connectivity index (χ3n) is 4.20. The molecule has 1 atom stereocenters. The van der Waals surface area contributed by atoms with Crippen molar-refractivity contribution in [3.05, 3.63) is 45.0 Å². The second kappa shape index (κ2) is 8.90. The fraction of sp³-hybridized carbons (Fsp3) is 0.421. The van der Waals surface area contributed by atoms with Crippen LogP contribution in [0.5, 0.6) is 11.5 Å². The van der Waals surface area contributed by atoms with Crippen molar-refractivity contribution in [1.82, 2.24) is 0 Å².